The van der Waals surface area contributed by atoms with Crippen molar-refractivity contribution in [3.8, 4) is 11.6 Å². The summed E-state index contributed by atoms with van der Waals surface area (Å²) in [6.07, 6.45) is 0.353. The van der Waals surface area contributed by atoms with Crippen LogP contribution < -0.4 is 11.2 Å². The molecule has 1 aromatic carbocycles. The molecule has 0 spiro atoms. The van der Waals surface area contributed by atoms with Crippen LogP contribution in [0, 0.1) is 13.8 Å². The van der Waals surface area contributed by atoms with E-state index in [4.69, 9.17) is 0 Å². The number of hydrogen-bond donors (Lipinski definition) is 2. The highest BCUT2D eigenvalue weighted by molar-refractivity contribution is 5.43. The van der Waals surface area contributed by atoms with Crippen LogP contribution >= 0.6 is 0 Å². The Morgan fingerprint density at radius 3 is 2.26 bits per heavy atom. The summed E-state index contributed by atoms with van der Waals surface area (Å²) >= 11 is 0. The van der Waals surface area contributed by atoms with Gasteiger partial charge in [-0.3, -0.25) is 9.78 Å². The average Bonchev–Trinajstić information content (AvgIpc) is 2.27. The van der Waals surface area contributed by atoms with Crippen molar-refractivity contribution in [3.63, 3.8) is 0 Å². The number of benzene rings is 1. The summed E-state index contributed by atoms with van der Waals surface area (Å²) in [5.41, 5.74) is 1.54. The van der Waals surface area contributed by atoms with Crippen LogP contribution in [0.15, 0.2) is 27.8 Å². The number of hydrogen-bond acceptors (Lipinski definition) is 3. The molecule has 1 aromatic heterocycles. The van der Waals surface area contributed by atoms with Crippen LogP contribution in [0.25, 0.3) is 5.69 Å². The molecule has 0 aliphatic heterocycles. The fourth-order valence-corrected chi connectivity index (χ4v) is 2.20. The molecule has 0 aliphatic rings. The van der Waals surface area contributed by atoms with Gasteiger partial charge in [-0.25, -0.2) is 9.36 Å². The quantitative estimate of drug-likeness (QED) is 0.857. The molecule has 100 valence electrons. The van der Waals surface area contributed by atoms with E-state index in [2.05, 4.69) is 4.98 Å². The van der Waals surface area contributed by atoms with Gasteiger partial charge >= 0.3 is 5.69 Å². The molecular weight excluding hydrogens is 244 g/mol. The maximum Gasteiger partial charge on any atom is 0.335 e. The molecule has 0 radical (unpaired) electrons. The van der Waals surface area contributed by atoms with Crippen molar-refractivity contribution in [2.45, 2.75) is 27.2 Å². The fourth-order valence-electron chi connectivity index (χ4n) is 2.20. The van der Waals surface area contributed by atoms with Crippen LogP contribution in [0.1, 0.15) is 23.6 Å². The Morgan fingerprint density at radius 2 is 1.74 bits per heavy atom. The van der Waals surface area contributed by atoms with E-state index in [1.165, 1.54) is 0 Å². The second-order valence-electron chi connectivity index (χ2n) is 4.60. The lowest BCUT2D eigenvalue weighted by Crippen LogP contribution is -2.31. The molecule has 5 nitrogen and oxygen atoms in total. The molecule has 5 heteroatoms. The first-order valence-electron chi connectivity index (χ1n) is 6.10. The predicted octanol–water partition coefficient (Wildman–Crippen LogP) is 1.41. The van der Waals surface area contributed by atoms with E-state index in [1.807, 2.05) is 19.9 Å². The number of rotatable bonds is 2. The lowest BCUT2D eigenvalue weighted by Gasteiger charge is -2.12. The van der Waals surface area contributed by atoms with Crippen molar-refractivity contribution in [1.82, 2.24) is 9.55 Å². The Balaban J connectivity index is 2.82. The number of aromatic hydroxyl groups is 1. The summed E-state index contributed by atoms with van der Waals surface area (Å²) in [7, 11) is 0. The van der Waals surface area contributed by atoms with Crippen LogP contribution in [0.3, 0.4) is 0 Å². The van der Waals surface area contributed by atoms with Crippen molar-refractivity contribution in [2.24, 2.45) is 0 Å². The van der Waals surface area contributed by atoms with E-state index in [-0.39, 0.29) is 11.4 Å². The molecule has 19 heavy (non-hydrogen) atoms. The van der Waals surface area contributed by atoms with Crippen LogP contribution in [-0.2, 0) is 6.42 Å². The van der Waals surface area contributed by atoms with E-state index in [0.29, 0.717) is 12.1 Å². The highest BCUT2D eigenvalue weighted by Gasteiger charge is 2.14. The van der Waals surface area contributed by atoms with Gasteiger partial charge < -0.3 is 5.11 Å². The van der Waals surface area contributed by atoms with Gasteiger partial charge in [0.15, 0.2) is 0 Å². The molecule has 0 saturated carbocycles. The lowest BCUT2D eigenvalue weighted by atomic mass is 10.1. The predicted molar refractivity (Wildman–Crippen MR) is 73.2 cm³/mol. The molecule has 2 aromatic rings. The van der Waals surface area contributed by atoms with E-state index in [9.17, 15) is 14.7 Å². The summed E-state index contributed by atoms with van der Waals surface area (Å²) in [5.74, 6) is -0.291. The van der Waals surface area contributed by atoms with E-state index in [0.717, 1.165) is 15.7 Å². The summed E-state index contributed by atoms with van der Waals surface area (Å²) < 4.78 is 1.13. The highest BCUT2D eigenvalue weighted by Crippen LogP contribution is 2.18. The minimum Gasteiger partial charge on any atom is -0.494 e. The van der Waals surface area contributed by atoms with E-state index in [1.54, 1.807) is 19.1 Å². The van der Waals surface area contributed by atoms with Crippen molar-refractivity contribution in [2.75, 3.05) is 0 Å². The van der Waals surface area contributed by atoms with Gasteiger partial charge in [-0.2, -0.15) is 0 Å². The van der Waals surface area contributed by atoms with Gasteiger partial charge in [0.25, 0.3) is 5.56 Å². The Kier molecular flexibility index (Phi) is 3.29. The van der Waals surface area contributed by atoms with Crippen LogP contribution in [0.4, 0.5) is 0 Å². The number of nitrogens with zero attached hydrogens (tertiary/aromatic N) is 1. The van der Waals surface area contributed by atoms with Crippen molar-refractivity contribution < 1.29 is 5.11 Å². The fraction of sp³-hybridized carbons (Fsp3) is 0.286. The number of H-pyrrole nitrogens is 1. The number of aryl methyl sites for hydroxylation is 2. The molecule has 0 bridgehead atoms. The summed E-state index contributed by atoms with van der Waals surface area (Å²) in [5, 5.41) is 10.1. The maximum absolute atomic E-state index is 11.9. The standard InChI is InChI=1S/C14H16N2O3/c1-4-11-12(17)15-14(19)16(13(11)18)10-6-8(2)5-9(3)7-10/h5-7,18H,4H2,1-3H3,(H,15,17,19). The molecule has 1 heterocycles. The zero-order valence-electron chi connectivity index (χ0n) is 11.2. The topological polar surface area (TPSA) is 75.1 Å². The van der Waals surface area contributed by atoms with Crippen molar-refractivity contribution in [1.29, 1.82) is 0 Å². The first kappa shape index (κ1) is 13.1. The molecule has 0 saturated heterocycles. The van der Waals surface area contributed by atoms with Gasteiger partial charge in [-0.05, 0) is 43.5 Å². The van der Waals surface area contributed by atoms with Crippen molar-refractivity contribution in [3.05, 3.63) is 55.7 Å². The summed E-state index contributed by atoms with van der Waals surface area (Å²) in [6, 6.07) is 5.54. The van der Waals surface area contributed by atoms with Crippen LogP contribution in [-0.4, -0.2) is 14.7 Å². The van der Waals surface area contributed by atoms with Gasteiger partial charge in [0.1, 0.15) is 0 Å². The largest absolute Gasteiger partial charge is 0.494 e. The second-order valence-corrected chi connectivity index (χ2v) is 4.60. The third-order valence-corrected chi connectivity index (χ3v) is 3.00. The maximum atomic E-state index is 11.9. The molecule has 0 amide bonds. The third-order valence-electron chi connectivity index (χ3n) is 3.00. The summed E-state index contributed by atoms with van der Waals surface area (Å²) in [6.45, 7) is 5.57. The van der Waals surface area contributed by atoms with Gasteiger partial charge in [-0.15, -0.1) is 0 Å². The lowest BCUT2D eigenvalue weighted by molar-refractivity contribution is 0.423. The second kappa shape index (κ2) is 4.76. The number of aromatic nitrogens is 2. The Morgan fingerprint density at radius 1 is 1.16 bits per heavy atom. The minimum atomic E-state index is -0.635. The molecular formula is C14H16N2O3. The average molecular weight is 260 g/mol. The van der Waals surface area contributed by atoms with Gasteiger partial charge in [0, 0.05) is 0 Å². The van der Waals surface area contributed by atoms with E-state index >= 15 is 0 Å². The summed E-state index contributed by atoms with van der Waals surface area (Å²) in [4.78, 5) is 25.7. The molecule has 0 unspecified atom stereocenters. The normalized spacial score (nSPS) is 10.7. The van der Waals surface area contributed by atoms with Gasteiger partial charge in [0.05, 0.1) is 11.3 Å². The van der Waals surface area contributed by atoms with Crippen LogP contribution in [0.5, 0.6) is 5.88 Å². The molecule has 0 aliphatic carbocycles. The zero-order valence-corrected chi connectivity index (χ0v) is 11.2. The first-order valence-corrected chi connectivity index (χ1v) is 6.10. The Labute approximate surface area is 110 Å². The SMILES string of the molecule is CCc1c(O)n(-c2cc(C)cc(C)c2)c(=O)[nH]c1=O. The number of nitrogens with one attached hydrogen (secondary N) is 1. The Hall–Kier alpha value is -2.30. The smallest absolute Gasteiger partial charge is 0.335 e. The molecule has 2 N–H and O–H groups in total. The zero-order chi connectivity index (χ0) is 14.2. The Bertz CT molecular complexity index is 721. The molecule has 0 atom stereocenters. The van der Waals surface area contributed by atoms with Crippen molar-refractivity contribution >= 4 is 0 Å². The third kappa shape index (κ3) is 2.31. The minimum absolute atomic E-state index is 0.207. The number of aromatic amines is 1. The first-order chi connectivity index (χ1) is 8.93. The van der Waals surface area contributed by atoms with Gasteiger partial charge in [0.2, 0.25) is 5.88 Å². The highest BCUT2D eigenvalue weighted by atomic mass is 16.3. The van der Waals surface area contributed by atoms with Crippen LogP contribution in [0.2, 0.25) is 0 Å². The van der Waals surface area contributed by atoms with E-state index < -0.39 is 11.2 Å². The van der Waals surface area contributed by atoms with Gasteiger partial charge in [-0.1, -0.05) is 13.0 Å². The molecule has 0 fully saturated rings. The monoisotopic (exact) mass is 260 g/mol. The molecule has 2 rings (SSSR count).